The Labute approximate surface area is 462 Å². The van der Waals surface area contributed by atoms with Gasteiger partial charge in [-0.15, -0.1) is 10.2 Å². The Balaban J connectivity index is 0.000000153. The number of anilines is 4. The van der Waals surface area contributed by atoms with Crippen molar-refractivity contribution in [1.29, 1.82) is 0 Å². The number of nitrogens with zero attached hydrogens (tertiary/aromatic N) is 6. The highest BCUT2D eigenvalue weighted by Gasteiger charge is 2.42. The van der Waals surface area contributed by atoms with E-state index in [1.54, 1.807) is 24.5 Å². The molecule has 7 N–H and O–H groups in total. The number of fused-ring (bicyclic) bond motifs is 7. The minimum absolute atomic E-state index is 0.339. The lowest BCUT2D eigenvalue weighted by Crippen LogP contribution is -2.52. The number of hydrogen-bond donors (Lipinski definition) is 6. The number of carbonyl (C=O) groups excluding carboxylic acids is 3. The van der Waals surface area contributed by atoms with Gasteiger partial charge in [-0.25, -0.2) is 30.4 Å². The molecular weight excluding hydrogens is 1120 g/mol. The molecule has 0 spiro atoms. The molecule has 0 saturated heterocycles. The zero-order valence-corrected chi connectivity index (χ0v) is 46.7. The summed E-state index contributed by atoms with van der Waals surface area (Å²) in [5, 5.41) is 22.4. The first-order chi connectivity index (χ1) is 36.2. The maximum absolute atomic E-state index is 12.6. The number of para-hydroxylation sites is 2. The molecule has 2 fully saturated rings. The molecule has 11 rings (SSSR count). The molecule has 3 aromatic heterocycles. The number of hydrogen-bond acceptors (Lipinski definition) is 13. The number of nitrogens with one attached hydrogen (secondary N) is 5. The van der Waals surface area contributed by atoms with Crippen molar-refractivity contribution in [3.05, 3.63) is 153 Å². The van der Waals surface area contributed by atoms with Crippen LogP contribution < -0.4 is 32.5 Å². The molecule has 7 aromatic rings. The molecule has 5 heterocycles. The first-order valence-corrected chi connectivity index (χ1v) is 26.7. The standard InChI is InChI=1S/C28H27BrN6O2.C16H23N3O3.C12H7BrClN3/c1-27(2,3)37-26(36)32-28(13-6-14-28)18-11-9-17(10-12-18)24-33-34-25-20-7-4-5-8-21(20)31-23-22(35(24)25)15-19(29)16-30-23;1-15(2,3)22-14(21)18-16(9-4-10-16)12-7-5-11(6-8-12)13(20)19-17;13-7-5-10-12(15-6-7)17-9-4-2-1-3-8(9)11(14)16-10/h4-5,7-12,15-16H,6,13-14H2,1-3H3,(H,30,31)(H,32,36);5-8H,4,9-10,17H2,1-3H3,(H,18,21)(H,19,20);1-6H,(H,15,17). The molecule has 4 aromatic carbocycles. The number of nitrogen functional groups attached to an aromatic ring is 1. The maximum Gasteiger partial charge on any atom is 0.408 e. The summed E-state index contributed by atoms with van der Waals surface area (Å²) in [4.78, 5) is 49.4. The number of ether oxygens (including phenoxy) is 2. The molecule has 2 saturated carbocycles. The van der Waals surface area contributed by atoms with Gasteiger partial charge < -0.3 is 30.7 Å². The highest BCUT2D eigenvalue weighted by atomic mass is 79.9. The monoisotopic (exact) mass is 1170 g/mol. The highest BCUT2D eigenvalue weighted by Crippen LogP contribution is 2.45. The van der Waals surface area contributed by atoms with E-state index < -0.39 is 28.4 Å². The number of amides is 3. The molecule has 392 valence electrons. The molecule has 17 nitrogen and oxygen atoms in total. The summed E-state index contributed by atoms with van der Waals surface area (Å²) in [6, 6.07) is 35.0. The minimum Gasteiger partial charge on any atom is -0.444 e. The van der Waals surface area contributed by atoms with Crippen LogP contribution in [-0.2, 0) is 20.6 Å². The summed E-state index contributed by atoms with van der Waals surface area (Å²) < 4.78 is 14.6. The summed E-state index contributed by atoms with van der Waals surface area (Å²) in [5.74, 6) is 7.66. The fourth-order valence-electron chi connectivity index (χ4n) is 9.15. The van der Waals surface area contributed by atoms with Gasteiger partial charge in [-0.05, 0) is 172 Å². The highest BCUT2D eigenvalue weighted by molar-refractivity contribution is 9.10. The number of nitrogens with two attached hydrogens (primary N) is 1. The molecule has 0 radical (unpaired) electrons. The van der Waals surface area contributed by atoms with Gasteiger partial charge in [-0.1, -0.05) is 72.3 Å². The third-order valence-electron chi connectivity index (χ3n) is 13.0. The van der Waals surface area contributed by atoms with Crippen LogP contribution >= 0.6 is 43.5 Å². The molecule has 0 bridgehead atoms. The Morgan fingerprint density at radius 2 is 1.14 bits per heavy atom. The molecule has 2 aliphatic carbocycles. The second-order valence-corrected chi connectivity index (χ2v) is 22.9. The van der Waals surface area contributed by atoms with E-state index in [9.17, 15) is 14.4 Å². The van der Waals surface area contributed by atoms with Gasteiger partial charge in [0.1, 0.15) is 22.1 Å². The number of aliphatic imine (C=N–C) groups is 1. The number of halogens is 3. The lowest BCUT2D eigenvalue weighted by atomic mass is 9.72. The minimum atomic E-state index is -0.544. The molecular formula is C56H57Br2ClN12O5. The van der Waals surface area contributed by atoms with E-state index in [1.165, 1.54) is 0 Å². The van der Waals surface area contributed by atoms with Crippen molar-refractivity contribution in [3.63, 3.8) is 0 Å². The maximum atomic E-state index is 12.6. The van der Waals surface area contributed by atoms with Gasteiger partial charge >= 0.3 is 12.2 Å². The topological polar surface area (TPSA) is 225 Å². The van der Waals surface area contributed by atoms with Gasteiger partial charge in [0.2, 0.25) is 0 Å². The smallest absolute Gasteiger partial charge is 0.408 e. The SMILES string of the molecule is CC(C)(C)OC(=O)NC1(c2ccc(-c3nnc4n3-c3cc(Br)cnc3Nc3ccccc3-4)cc2)CCC1.CC(C)(C)OC(=O)NC1(c2ccc(C(=O)NN)cc2)CCC1.ClC1=Nc2cc(Br)cnc2Nc2ccccc21. The van der Waals surface area contributed by atoms with Crippen molar-refractivity contribution in [3.8, 4) is 28.5 Å². The number of hydrazine groups is 1. The Kier molecular flexibility index (Phi) is 15.4. The van der Waals surface area contributed by atoms with E-state index in [1.807, 2.05) is 131 Å². The third-order valence-corrected chi connectivity index (χ3v) is 14.2. The Morgan fingerprint density at radius 3 is 1.68 bits per heavy atom. The van der Waals surface area contributed by atoms with Gasteiger partial charge in [-0.3, -0.25) is 14.8 Å². The summed E-state index contributed by atoms with van der Waals surface area (Å²) in [5.41, 5.74) is 8.87. The quantitative estimate of drug-likeness (QED) is 0.0520. The summed E-state index contributed by atoms with van der Waals surface area (Å²) in [7, 11) is 0. The average Bonchev–Trinajstić information content (AvgIpc) is 3.71. The molecule has 20 heteroatoms. The van der Waals surface area contributed by atoms with Gasteiger partial charge in [0.05, 0.1) is 28.1 Å². The van der Waals surface area contributed by atoms with E-state index in [0.717, 1.165) is 110 Å². The number of pyridine rings is 2. The van der Waals surface area contributed by atoms with Crippen molar-refractivity contribution in [1.82, 2.24) is 40.8 Å². The molecule has 2 aliphatic heterocycles. The van der Waals surface area contributed by atoms with Crippen LogP contribution in [0.2, 0.25) is 0 Å². The van der Waals surface area contributed by atoms with E-state index in [-0.39, 0.29) is 12.0 Å². The van der Waals surface area contributed by atoms with Crippen molar-refractivity contribution < 1.29 is 23.9 Å². The van der Waals surface area contributed by atoms with E-state index in [2.05, 4.69) is 95.8 Å². The van der Waals surface area contributed by atoms with E-state index in [4.69, 9.17) is 26.9 Å². The summed E-state index contributed by atoms with van der Waals surface area (Å²) >= 11 is 13.1. The third kappa shape index (κ3) is 11.9. The molecule has 76 heavy (non-hydrogen) atoms. The van der Waals surface area contributed by atoms with Gasteiger partial charge in [0.15, 0.2) is 23.3 Å². The molecule has 0 atom stereocenters. The number of aromatic nitrogens is 5. The fourth-order valence-corrected chi connectivity index (χ4v) is 10.0. The summed E-state index contributed by atoms with van der Waals surface area (Å²) in [6.07, 6.45) is 8.25. The Bertz CT molecular complexity index is 3350. The predicted molar refractivity (Wildman–Crippen MR) is 303 cm³/mol. The second-order valence-electron chi connectivity index (χ2n) is 20.7. The number of benzene rings is 4. The van der Waals surface area contributed by atoms with Crippen molar-refractivity contribution >= 4 is 95.4 Å². The van der Waals surface area contributed by atoms with E-state index in [0.29, 0.717) is 22.4 Å². The van der Waals surface area contributed by atoms with Crippen LogP contribution in [0.15, 0.2) is 136 Å². The molecule has 3 amide bonds. The number of rotatable bonds is 6. The average molecular weight is 1170 g/mol. The normalized spacial score (nSPS) is 15.1. The first-order valence-electron chi connectivity index (χ1n) is 24.7. The van der Waals surface area contributed by atoms with Crippen LogP contribution in [0.4, 0.5) is 38.3 Å². The Hall–Kier alpha value is -7.19. The lowest BCUT2D eigenvalue weighted by Gasteiger charge is -2.43. The molecule has 0 unspecified atom stereocenters. The lowest BCUT2D eigenvalue weighted by molar-refractivity contribution is 0.0365. The predicted octanol–water partition coefficient (Wildman–Crippen LogP) is 13.1. The number of carbonyl (C=O) groups is 3. The second kappa shape index (κ2) is 21.8. The van der Waals surface area contributed by atoms with Gasteiger partial charge in [-0.2, -0.15) is 0 Å². The van der Waals surface area contributed by atoms with Gasteiger partial charge in [0, 0.05) is 43.6 Å². The number of alkyl carbamates (subject to hydrolysis) is 2. The Morgan fingerprint density at radius 1 is 0.658 bits per heavy atom. The molecule has 4 aliphatic rings. The van der Waals surface area contributed by atoms with Crippen molar-refractivity contribution in [2.45, 2.75) is 102 Å². The van der Waals surface area contributed by atoms with Crippen LogP contribution in [0.5, 0.6) is 0 Å². The van der Waals surface area contributed by atoms with Crippen LogP contribution in [0.1, 0.15) is 107 Å². The van der Waals surface area contributed by atoms with Crippen LogP contribution in [-0.4, -0.2) is 59.2 Å². The fraction of sp³-hybridized carbons (Fsp3) is 0.286. The van der Waals surface area contributed by atoms with Crippen LogP contribution in [0, 0.1) is 0 Å². The van der Waals surface area contributed by atoms with Crippen LogP contribution in [0.3, 0.4) is 0 Å². The zero-order valence-electron chi connectivity index (χ0n) is 42.7. The van der Waals surface area contributed by atoms with Crippen molar-refractivity contribution in [2.75, 3.05) is 10.6 Å². The summed E-state index contributed by atoms with van der Waals surface area (Å²) in [6.45, 7) is 11.1. The van der Waals surface area contributed by atoms with Gasteiger partial charge in [0.25, 0.3) is 5.91 Å². The van der Waals surface area contributed by atoms with Crippen LogP contribution in [0.25, 0.3) is 28.5 Å². The zero-order chi connectivity index (χ0) is 54.0. The first kappa shape index (κ1) is 53.6. The van der Waals surface area contributed by atoms with E-state index >= 15 is 0 Å². The van der Waals surface area contributed by atoms with Crippen molar-refractivity contribution in [2.24, 2.45) is 10.8 Å². The largest absolute Gasteiger partial charge is 0.444 e.